The summed E-state index contributed by atoms with van der Waals surface area (Å²) in [6.07, 6.45) is 6.46. The molecule has 2 aliphatic rings. The molecule has 0 N–H and O–H groups in total. The SMILES string of the molecule is CC(C)c1cccc(N2CC(C(=O)N3CCC(n4cccc4)CC3)CC2=O)c1. The third kappa shape index (κ3) is 3.71. The Morgan fingerprint density at radius 2 is 1.79 bits per heavy atom. The maximum Gasteiger partial charge on any atom is 0.228 e. The number of likely N-dealkylation sites (tertiary alicyclic amines) is 1. The molecule has 2 aliphatic heterocycles. The Kier molecular flexibility index (Phi) is 5.25. The summed E-state index contributed by atoms with van der Waals surface area (Å²) in [6, 6.07) is 12.7. The van der Waals surface area contributed by atoms with Gasteiger partial charge in [-0.25, -0.2) is 0 Å². The minimum Gasteiger partial charge on any atom is -0.351 e. The molecule has 4 rings (SSSR count). The van der Waals surface area contributed by atoms with Crippen LogP contribution in [0.5, 0.6) is 0 Å². The fourth-order valence-corrected chi connectivity index (χ4v) is 4.41. The van der Waals surface area contributed by atoms with Crippen LogP contribution in [-0.2, 0) is 9.59 Å². The first-order chi connectivity index (χ1) is 13.5. The van der Waals surface area contributed by atoms with Gasteiger partial charge in [0.1, 0.15) is 0 Å². The molecule has 1 unspecified atom stereocenters. The standard InChI is InChI=1S/C23H29N3O2/c1-17(2)18-6-5-7-21(14-18)26-16-19(15-22(26)27)23(28)25-12-8-20(9-13-25)24-10-3-4-11-24/h3-7,10-11,14,17,19-20H,8-9,12-13,15-16H2,1-2H3. The highest BCUT2D eigenvalue weighted by molar-refractivity contribution is 6.00. The van der Waals surface area contributed by atoms with Crippen LogP contribution in [0.1, 0.15) is 50.6 Å². The van der Waals surface area contributed by atoms with E-state index >= 15 is 0 Å². The van der Waals surface area contributed by atoms with Crippen LogP contribution >= 0.6 is 0 Å². The van der Waals surface area contributed by atoms with E-state index < -0.39 is 0 Å². The van der Waals surface area contributed by atoms with Crippen molar-refractivity contribution in [2.24, 2.45) is 5.92 Å². The van der Waals surface area contributed by atoms with Crippen molar-refractivity contribution >= 4 is 17.5 Å². The molecule has 2 fully saturated rings. The van der Waals surface area contributed by atoms with E-state index in [9.17, 15) is 9.59 Å². The second kappa shape index (κ2) is 7.82. The summed E-state index contributed by atoms with van der Waals surface area (Å²) in [5, 5.41) is 0. The van der Waals surface area contributed by atoms with Crippen molar-refractivity contribution in [1.29, 1.82) is 0 Å². The van der Waals surface area contributed by atoms with E-state index in [1.807, 2.05) is 29.2 Å². The largest absolute Gasteiger partial charge is 0.351 e. The average molecular weight is 380 g/mol. The number of piperidine rings is 1. The third-order valence-electron chi connectivity index (χ3n) is 6.15. The molecule has 2 aromatic rings. The summed E-state index contributed by atoms with van der Waals surface area (Å²) in [5.74, 6) is 0.387. The van der Waals surface area contributed by atoms with E-state index in [0.717, 1.165) is 31.6 Å². The molecule has 0 bridgehead atoms. The lowest BCUT2D eigenvalue weighted by Gasteiger charge is -2.34. The zero-order valence-corrected chi connectivity index (χ0v) is 16.8. The van der Waals surface area contributed by atoms with Gasteiger partial charge in [0.2, 0.25) is 11.8 Å². The number of rotatable bonds is 4. The van der Waals surface area contributed by atoms with Crippen molar-refractivity contribution in [1.82, 2.24) is 9.47 Å². The number of hydrogen-bond acceptors (Lipinski definition) is 2. The predicted octanol–water partition coefficient (Wildman–Crippen LogP) is 3.83. The van der Waals surface area contributed by atoms with E-state index in [0.29, 0.717) is 24.9 Å². The van der Waals surface area contributed by atoms with E-state index in [4.69, 9.17) is 0 Å². The minimum absolute atomic E-state index is 0.0569. The van der Waals surface area contributed by atoms with Gasteiger partial charge in [-0.2, -0.15) is 0 Å². The minimum atomic E-state index is -0.224. The van der Waals surface area contributed by atoms with Gasteiger partial charge in [0.15, 0.2) is 0 Å². The molecule has 0 saturated carbocycles. The van der Waals surface area contributed by atoms with E-state index in [2.05, 4.69) is 42.9 Å². The molecule has 3 heterocycles. The van der Waals surface area contributed by atoms with Crippen LogP contribution in [0, 0.1) is 5.92 Å². The lowest BCUT2D eigenvalue weighted by atomic mass is 10.0. The van der Waals surface area contributed by atoms with Crippen LogP contribution in [0.4, 0.5) is 5.69 Å². The van der Waals surface area contributed by atoms with Crippen LogP contribution in [-0.4, -0.2) is 40.9 Å². The number of anilines is 1. The van der Waals surface area contributed by atoms with Crippen molar-refractivity contribution in [2.45, 2.75) is 45.1 Å². The molecule has 28 heavy (non-hydrogen) atoms. The van der Waals surface area contributed by atoms with Crippen LogP contribution in [0.3, 0.4) is 0 Å². The highest BCUT2D eigenvalue weighted by Crippen LogP contribution is 2.30. The van der Waals surface area contributed by atoms with Crippen molar-refractivity contribution in [3.63, 3.8) is 0 Å². The van der Waals surface area contributed by atoms with Crippen molar-refractivity contribution in [3.05, 3.63) is 54.4 Å². The van der Waals surface area contributed by atoms with Crippen molar-refractivity contribution < 1.29 is 9.59 Å². The molecule has 0 aliphatic carbocycles. The summed E-state index contributed by atoms with van der Waals surface area (Å²) in [7, 11) is 0. The summed E-state index contributed by atoms with van der Waals surface area (Å²) in [4.78, 5) is 29.4. The first kappa shape index (κ1) is 18.8. The smallest absolute Gasteiger partial charge is 0.228 e. The molecule has 1 aromatic heterocycles. The summed E-state index contributed by atoms with van der Waals surface area (Å²) >= 11 is 0. The molecule has 1 aromatic carbocycles. The van der Waals surface area contributed by atoms with Gasteiger partial charge in [-0.3, -0.25) is 9.59 Å². The molecule has 1 atom stereocenters. The highest BCUT2D eigenvalue weighted by atomic mass is 16.2. The molecular formula is C23H29N3O2. The zero-order chi connectivity index (χ0) is 19.7. The molecule has 2 amide bonds. The Balaban J connectivity index is 1.39. The van der Waals surface area contributed by atoms with Gasteiger partial charge >= 0.3 is 0 Å². The van der Waals surface area contributed by atoms with Gasteiger partial charge < -0.3 is 14.4 Å². The highest BCUT2D eigenvalue weighted by Gasteiger charge is 2.38. The van der Waals surface area contributed by atoms with Crippen LogP contribution < -0.4 is 4.90 Å². The van der Waals surface area contributed by atoms with Crippen LogP contribution in [0.15, 0.2) is 48.8 Å². The molecule has 5 nitrogen and oxygen atoms in total. The molecule has 5 heteroatoms. The van der Waals surface area contributed by atoms with Gasteiger partial charge in [0.25, 0.3) is 0 Å². The van der Waals surface area contributed by atoms with Gasteiger partial charge in [-0.1, -0.05) is 26.0 Å². The summed E-state index contributed by atoms with van der Waals surface area (Å²) < 4.78 is 2.24. The average Bonchev–Trinajstić information content (AvgIpc) is 3.38. The van der Waals surface area contributed by atoms with Gasteiger partial charge in [0.05, 0.1) is 5.92 Å². The van der Waals surface area contributed by atoms with Crippen molar-refractivity contribution in [3.8, 4) is 0 Å². The first-order valence-electron chi connectivity index (χ1n) is 10.3. The number of carbonyl (C=O) groups excluding carboxylic acids is 2. The number of aromatic nitrogens is 1. The van der Waals surface area contributed by atoms with E-state index in [1.165, 1.54) is 5.56 Å². The second-order valence-electron chi connectivity index (χ2n) is 8.34. The quantitative estimate of drug-likeness (QED) is 0.810. The Morgan fingerprint density at radius 3 is 2.46 bits per heavy atom. The second-order valence-corrected chi connectivity index (χ2v) is 8.34. The van der Waals surface area contributed by atoms with E-state index in [1.54, 1.807) is 4.90 Å². The normalized spacial score (nSPS) is 21.0. The maximum atomic E-state index is 13.0. The molecule has 2 saturated heterocycles. The number of carbonyl (C=O) groups is 2. The van der Waals surface area contributed by atoms with Gasteiger partial charge in [-0.15, -0.1) is 0 Å². The number of amides is 2. The number of benzene rings is 1. The third-order valence-corrected chi connectivity index (χ3v) is 6.15. The molecular weight excluding hydrogens is 350 g/mol. The fraction of sp³-hybridized carbons (Fsp3) is 0.478. The zero-order valence-electron chi connectivity index (χ0n) is 16.8. The lowest BCUT2D eigenvalue weighted by Crippen LogP contribution is -2.42. The Hall–Kier alpha value is -2.56. The Bertz CT molecular complexity index is 835. The topological polar surface area (TPSA) is 45.6 Å². The fourth-order valence-electron chi connectivity index (χ4n) is 4.41. The van der Waals surface area contributed by atoms with Gasteiger partial charge in [0, 0.05) is 50.2 Å². The van der Waals surface area contributed by atoms with Crippen LogP contribution in [0.2, 0.25) is 0 Å². The predicted molar refractivity (Wildman–Crippen MR) is 110 cm³/mol. The van der Waals surface area contributed by atoms with Crippen molar-refractivity contribution in [2.75, 3.05) is 24.5 Å². The number of hydrogen-bond donors (Lipinski definition) is 0. The number of nitrogens with zero attached hydrogens (tertiary/aromatic N) is 3. The first-order valence-corrected chi connectivity index (χ1v) is 10.3. The maximum absolute atomic E-state index is 13.0. The Labute approximate surface area is 166 Å². The molecule has 0 radical (unpaired) electrons. The van der Waals surface area contributed by atoms with Crippen LogP contribution in [0.25, 0.3) is 0 Å². The van der Waals surface area contributed by atoms with E-state index in [-0.39, 0.29) is 17.7 Å². The van der Waals surface area contributed by atoms with Gasteiger partial charge in [-0.05, 0) is 48.6 Å². The Morgan fingerprint density at radius 1 is 1.07 bits per heavy atom. The summed E-state index contributed by atoms with van der Waals surface area (Å²) in [5.41, 5.74) is 2.13. The lowest BCUT2D eigenvalue weighted by molar-refractivity contribution is -0.137. The summed E-state index contributed by atoms with van der Waals surface area (Å²) in [6.45, 7) is 6.34. The monoisotopic (exact) mass is 379 g/mol. The molecule has 148 valence electrons. The molecule has 0 spiro atoms.